The Kier molecular flexibility index (Phi) is 4.36. The molecule has 0 saturated heterocycles. The molecule has 4 heteroatoms. The molecule has 2 aromatic carbocycles. The maximum absolute atomic E-state index is 12.3. The van der Waals surface area contributed by atoms with Crippen molar-refractivity contribution in [3.05, 3.63) is 76.8 Å². The van der Waals surface area contributed by atoms with Gasteiger partial charge in [0, 0.05) is 28.7 Å². The van der Waals surface area contributed by atoms with Crippen LogP contribution in [0.15, 0.2) is 60.0 Å². The van der Waals surface area contributed by atoms with Gasteiger partial charge in [0.05, 0.1) is 0 Å². The first-order valence-electron chi connectivity index (χ1n) is 8.56. The van der Waals surface area contributed by atoms with E-state index in [1.165, 1.54) is 5.56 Å². The third kappa shape index (κ3) is 3.64. The fourth-order valence-electron chi connectivity index (χ4n) is 3.16. The van der Waals surface area contributed by atoms with Crippen LogP contribution in [0.3, 0.4) is 0 Å². The Morgan fingerprint density at radius 3 is 2.60 bits per heavy atom. The highest BCUT2D eigenvalue weighted by molar-refractivity contribution is 7.13. The highest BCUT2D eigenvalue weighted by atomic mass is 32.1. The Morgan fingerprint density at radius 1 is 1.16 bits per heavy atom. The summed E-state index contributed by atoms with van der Waals surface area (Å²) in [5.41, 5.74) is 4.17. The molecule has 126 valence electrons. The molecular weight excluding hydrogens is 328 g/mol. The number of aromatic nitrogens is 1. The fourth-order valence-corrected chi connectivity index (χ4v) is 3.96. The van der Waals surface area contributed by atoms with Gasteiger partial charge in [-0.2, -0.15) is 0 Å². The predicted molar refractivity (Wildman–Crippen MR) is 102 cm³/mol. The molecule has 1 amide bonds. The molecule has 3 aromatic rings. The normalized spacial score (nSPS) is 18.8. The van der Waals surface area contributed by atoms with Crippen LogP contribution in [0.2, 0.25) is 0 Å². The lowest BCUT2D eigenvalue weighted by atomic mass is 10.1. The van der Waals surface area contributed by atoms with Crippen molar-refractivity contribution >= 4 is 17.2 Å². The summed E-state index contributed by atoms with van der Waals surface area (Å²) in [6.45, 7) is 2.73. The van der Waals surface area contributed by atoms with Gasteiger partial charge in [-0.15, -0.1) is 11.3 Å². The number of thiazole rings is 1. The van der Waals surface area contributed by atoms with E-state index < -0.39 is 0 Å². The van der Waals surface area contributed by atoms with Crippen LogP contribution in [-0.4, -0.2) is 17.4 Å². The molecule has 1 heterocycles. The number of rotatable bonds is 5. The summed E-state index contributed by atoms with van der Waals surface area (Å²) < 4.78 is 0. The van der Waals surface area contributed by atoms with E-state index in [0.717, 1.165) is 29.2 Å². The fraction of sp³-hybridized carbons (Fsp3) is 0.238. The number of nitrogens with zero attached hydrogens (tertiary/aromatic N) is 1. The summed E-state index contributed by atoms with van der Waals surface area (Å²) in [7, 11) is 0. The minimum Gasteiger partial charge on any atom is -0.352 e. The molecule has 0 radical (unpaired) electrons. The molecule has 3 nitrogen and oxygen atoms in total. The number of hydrogen-bond acceptors (Lipinski definition) is 3. The van der Waals surface area contributed by atoms with E-state index in [-0.39, 0.29) is 5.91 Å². The van der Waals surface area contributed by atoms with Crippen LogP contribution in [0, 0.1) is 12.8 Å². The first kappa shape index (κ1) is 16.0. The number of nitrogens with one attached hydrogen (secondary N) is 1. The Bertz CT molecular complexity index is 870. The van der Waals surface area contributed by atoms with E-state index in [1.807, 2.05) is 42.6 Å². The van der Waals surface area contributed by atoms with Crippen molar-refractivity contribution in [1.29, 1.82) is 0 Å². The van der Waals surface area contributed by atoms with Crippen LogP contribution in [0.25, 0.3) is 10.6 Å². The maximum Gasteiger partial charge on any atom is 0.251 e. The van der Waals surface area contributed by atoms with Gasteiger partial charge in [-0.3, -0.25) is 4.79 Å². The molecular formula is C21H20N2OS. The monoisotopic (exact) mass is 348 g/mol. The van der Waals surface area contributed by atoms with Crippen molar-refractivity contribution in [2.45, 2.75) is 19.3 Å². The molecule has 1 aromatic heterocycles. The minimum atomic E-state index is 0.000538. The SMILES string of the molecule is Cc1csc(-c2ccc(C(=O)NCC3CC3c3ccccc3)cc2)n1. The highest BCUT2D eigenvalue weighted by Gasteiger charge is 2.38. The smallest absolute Gasteiger partial charge is 0.251 e. The number of amides is 1. The topological polar surface area (TPSA) is 42.0 Å². The van der Waals surface area contributed by atoms with Crippen molar-refractivity contribution in [1.82, 2.24) is 10.3 Å². The second kappa shape index (κ2) is 6.81. The van der Waals surface area contributed by atoms with Crippen molar-refractivity contribution < 1.29 is 4.79 Å². The van der Waals surface area contributed by atoms with Gasteiger partial charge in [0.15, 0.2) is 0 Å². The summed E-state index contributed by atoms with van der Waals surface area (Å²) in [5.74, 6) is 1.15. The van der Waals surface area contributed by atoms with Crippen LogP contribution in [0.1, 0.15) is 34.0 Å². The first-order valence-corrected chi connectivity index (χ1v) is 9.44. The zero-order chi connectivity index (χ0) is 17.2. The van der Waals surface area contributed by atoms with Gasteiger partial charge in [-0.1, -0.05) is 42.5 Å². The van der Waals surface area contributed by atoms with Crippen LogP contribution in [0.5, 0.6) is 0 Å². The standard InChI is InChI=1S/C21H20N2OS/c1-14-13-25-21(23-14)17-9-7-16(8-10-17)20(24)22-12-18-11-19(18)15-5-3-2-4-6-15/h2-10,13,18-19H,11-12H2,1H3,(H,22,24). The van der Waals surface area contributed by atoms with Crippen molar-refractivity contribution in [3.8, 4) is 10.6 Å². The lowest BCUT2D eigenvalue weighted by Crippen LogP contribution is -2.25. The zero-order valence-electron chi connectivity index (χ0n) is 14.1. The quantitative estimate of drug-likeness (QED) is 0.729. The van der Waals surface area contributed by atoms with E-state index in [9.17, 15) is 4.79 Å². The Morgan fingerprint density at radius 2 is 1.92 bits per heavy atom. The maximum atomic E-state index is 12.3. The van der Waals surface area contributed by atoms with Crippen LogP contribution >= 0.6 is 11.3 Å². The Labute approximate surface area is 151 Å². The van der Waals surface area contributed by atoms with E-state index >= 15 is 0 Å². The lowest BCUT2D eigenvalue weighted by molar-refractivity contribution is 0.0951. The molecule has 25 heavy (non-hydrogen) atoms. The average molecular weight is 348 g/mol. The summed E-state index contributed by atoms with van der Waals surface area (Å²) in [5, 5.41) is 6.10. The van der Waals surface area contributed by atoms with Crippen LogP contribution in [-0.2, 0) is 0 Å². The number of hydrogen-bond donors (Lipinski definition) is 1. The van der Waals surface area contributed by atoms with Gasteiger partial charge >= 0.3 is 0 Å². The number of carbonyl (C=O) groups excluding carboxylic acids is 1. The Hall–Kier alpha value is -2.46. The molecule has 2 unspecified atom stereocenters. The largest absolute Gasteiger partial charge is 0.352 e. The number of aryl methyl sites for hydroxylation is 1. The van der Waals surface area contributed by atoms with E-state index in [0.29, 0.717) is 17.4 Å². The summed E-state index contributed by atoms with van der Waals surface area (Å²) in [6, 6.07) is 18.2. The third-order valence-electron chi connectivity index (χ3n) is 4.69. The van der Waals surface area contributed by atoms with Crippen LogP contribution in [0.4, 0.5) is 0 Å². The molecule has 0 spiro atoms. The van der Waals surface area contributed by atoms with E-state index in [2.05, 4.69) is 34.6 Å². The van der Waals surface area contributed by atoms with E-state index in [1.54, 1.807) is 11.3 Å². The molecule has 1 fully saturated rings. The van der Waals surface area contributed by atoms with Gasteiger partial charge in [0.25, 0.3) is 5.91 Å². The number of carbonyl (C=O) groups is 1. The summed E-state index contributed by atoms with van der Waals surface area (Å²) in [4.78, 5) is 16.8. The minimum absolute atomic E-state index is 0.000538. The van der Waals surface area contributed by atoms with Gasteiger partial charge < -0.3 is 5.32 Å². The molecule has 4 rings (SSSR count). The second-order valence-electron chi connectivity index (χ2n) is 6.59. The number of benzene rings is 2. The molecule has 2 atom stereocenters. The highest BCUT2D eigenvalue weighted by Crippen LogP contribution is 2.46. The Balaban J connectivity index is 1.33. The first-order chi connectivity index (χ1) is 12.2. The molecule has 1 saturated carbocycles. The van der Waals surface area contributed by atoms with Gasteiger partial charge in [-0.05, 0) is 42.9 Å². The molecule has 1 N–H and O–H groups in total. The average Bonchev–Trinajstić information content (AvgIpc) is 3.31. The third-order valence-corrected chi connectivity index (χ3v) is 5.70. The molecule has 1 aliphatic rings. The second-order valence-corrected chi connectivity index (χ2v) is 7.45. The van der Waals surface area contributed by atoms with Gasteiger partial charge in [-0.25, -0.2) is 4.98 Å². The van der Waals surface area contributed by atoms with Crippen molar-refractivity contribution in [2.24, 2.45) is 5.92 Å². The predicted octanol–water partition coefficient (Wildman–Crippen LogP) is 4.65. The van der Waals surface area contributed by atoms with Crippen LogP contribution < -0.4 is 5.32 Å². The zero-order valence-corrected chi connectivity index (χ0v) is 14.9. The van der Waals surface area contributed by atoms with Crippen molar-refractivity contribution in [3.63, 3.8) is 0 Å². The summed E-state index contributed by atoms with van der Waals surface area (Å²) in [6.07, 6.45) is 1.16. The van der Waals surface area contributed by atoms with Gasteiger partial charge in [0.2, 0.25) is 0 Å². The van der Waals surface area contributed by atoms with Crippen molar-refractivity contribution in [2.75, 3.05) is 6.54 Å². The molecule has 1 aliphatic carbocycles. The lowest BCUT2D eigenvalue weighted by Gasteiger charge is -2.06. The molecule has 0 aliphatic heterocycles. The summed E-state index contributed by atoms with van der Waals surface area (Å²) >= 11 is 1.63. The van der Waals surface area contributed by atoms with E-state index in [4.69, 9.17) is 0 Å². The molecule has 0 bridgehead atoms. The van der Waals surface area contributed by atoms with Gasteiger partial charge in [0.1, 0.15) is 5.01 Å².